The van der Waals surface area contributed by atoms with E-state index in [1.807, 2.05) is 0 Å². The zero-order chi connectivity index (χ0) is 10.1. The summed E-state index contributed by atoms with van der Waals surface area (Å²) in [6.07, 6.45) is 1.33. The number of rotatable bonds is 8. The van der Waals surface area contributed by atoms with Gasteiger partial charge in [-0.25, -0.2) is 13.2 Å². The molecule has 0 aromatic rings. The first kappa shape index (κ1) is 12.8. The summed E-state index contributed by atoms with van der Waals surface area (Å²) >= 11 is 0. The molecule has 0 saturated carbocycles. The predicted molar refractivity (Wildman–Crippen MR) is 48.9 cm³/mol. The van der Waals surface area contributed by atoms with Gasteiger partial charge >= 0.3 is 0 Å². The van der Waals surface area contributed by atoms with E-state index in [2.05, 4.69) is 6.92 Å². The first-order valence-electron chi connectivity index (χ1n) is 5.10. The minimum absolute atomic E-state index is 0.0177. The van der Waals surface area contributed by atoms with Crippen molar-refractivity contribution >= 4 is 0 Å². The van der Waals surface area contributed by atoms with Crippen molar-refractivity contribution in [3.8, 4) is 0 Å². The van der Waals surface area contributed by atoms with Gasteiger partial charge in [0, 0.05) is 0 Å². The Labute approximate surface area is 78.5 Å². The molecule has 0 amide bonds. The van der Waals surface area contributed by atoms with Gasteiger partial charge in [-0.05, 0) is 6.42 Å². The normalized spacial score (nSPS) is 13.6. The van der Waals surface area contributed by atoms with Gasteiger partial charge in [0.2, 0.25) is 0 Å². The third-order valence-corrected chi connectivity index (χ3v) is 2.11. The summed E-state index contributed by atoms with van der Waals surface area (Å²) in [5.74, 6) is 0. The number of alkyl halides is 3. The van der Waals surface area contributed by atoms with Crippen LogP contribution < -0.4 is 0 Å². The summed E-state index contributed by atoms with van der Waals surface area (Å²) in [5, 5.41) is 0. The van der Waals surface area contributed by atoms with Gasteiger partial charge in [0.15, 0.2) is 6.17 Å². The Morgan fingerprint density at radius 3 is 1.92 bits per heavy atom. The Morgan fingerprint density at radius 1 is 0.846 bits per heavy atom. The molecule has 0 radical (unpaired) electrons. The van der Waals surface area contributed by atoms with Crippen LogP contribution in [0.5, 0.6) is 0 Å². The lowest BCUT2D eigenvalue weighted by Crippen LogP contribution is -2.11. The molecular weight excluding hydrogens is 177 g/mol. The van der Waals surface area contributed by atoms with Crippen LogP contribution in [-0.4, -0.2) is 12.6 Å². The Kier molecular flexibility index (Phi) is 8.26. The molecule has 0 rings (SSSR count). The molecule has 0 spiro atoms. The highest BCUT2D eigenvalue weighted by Gasteiger charge is 2.17. The van der Waals surface area contributed by atoms with E-state index in [-0.39, 0.29) is 6.42 Å². The topological polar surface area (TPSA) is 0 Å². The Bertz CT molecular complexity index is 104. The van der Waals surface area contributed by atoms with Crippen LogP contribution in [0, 0.1) is 0 Å². The second kappa shape index (κ2) is 8.39. The average Bonchev–Trinajstić information content (AvgIpc) is 2.10. The first-order valence-corrected chi connectivity index (χ1v) is 5.10. The molecule has 0 aliphatic rings. The van der Waals surface area contributed by atoms with Crippen molar-refractivity contribution in [1.29, 1.82) is 0 Å². The SMILES string of the molecule is CCCCCCCCC(F)C(F)F. The molecular formula is C10H19F3. The van der Waals surface area contributed by atoms with Crippen molar-refractivity contribution in [3.63, 3.8) is 0 Å². The van der Waals surface area contributed by atoms with Gasteiger partial charge in [-0.15, -0.1) is 0 Å². The lowest BCUT2D eigenvalue weighted by Gasteiger charge is -2.05. The van der Waals surface area contributed by atoms with Crippen molar-refractivity contribution < 1.29 is 13.2 Å². The zero-order valence-corrected chi connectivity index (χ0v) is 8.24. The van der Waals surface area contributed by atoms with Crippen molar-refractivity contribution in [2.45, 2.75) is 64.5 Å². The molecule has 0 bridgehead atoms. The second-order valence-electron chi connectivity index (χ2n) is 3.41. The van der Waals surface area contributed by atoms with Crippen LogP contribution in [0.3, 0.4) is 0 Å². The van der Waals surface area contributed by atoms with Gasteiger partial charge in [-0.2, -0.15) is 0 Å². The smallest absolute Gasteiger partial charge is 0.241 e. The number of hydrogen-bond donors (Lipinski definition) is 0. The van der Waals surface area contributed by atoms with Gasteiger partial charge < -0.3 is 0 Å². The van der Waals surface area contributed by atoms with Crippen molar-refractivity contribution in [1.82, 2.24) is 0 Å². The van der Waals surface area contributed by atoms with Crippen LogP contribution in [0.1, 0.15) is 51.9 Å². The fraction of sp³-hybridized carbons (Fsp3) is 1.00. The average molecular weight is 196 g/mol. The lowest BCUT2D eigenvalue weighted by atomic mass is 10.1. The molecule has 0 aliphatic carbocycles. The molecule has 0 N–H and O–H groups in total. The third kappa shape index (κ3) is 8.13. The second-order valence-corrected chi connectivity index (χ2v) is 3.41. The minimum atomic E-state index is -2.80. The van der Waals surface area contributed by atoms with E-state index in [0.29, 0.717) is 6.42 Å². The van der Waals surface area contributed by atoms with E-state index < -0.39 is 12.6 Å². The van der Waals surface area contributed by atoms with E-state index in [9.17, 15) is 13.2 Å². The standard InChI is InChI=1S/C10H19F3/c1-2-3-4-5-6-7-8-9(11)10(12)13/h9-10H,2-8H2,1H3. The van der Waals surface area contributed by atoms with Gasteiger partial charge in [0.1, 0.15) is 0 Å². The van der Waals surface area contributed by atoms with E-state index in [4.69, 9.17) is 0 Å². The van der Waals surface area contributed by atoms with Crippen molar-refractivity contribution in [2.24, 2.45) is 0 Å². The summed E-state index contributed by atoms with van der Waals surface area (Å²) in [5.41, 5.74) is 0. The quantitative estimate of drug-likeness (QED) is 0.506. The number of hydrogen-bond acceptors (Lipinski definition) is 0. The van der Waals surface area contributed by atoms with Crippen LogP contribution in [0.2, 0.25) is 0 Å². The van der Waals surface area contributed by atoms with E-state index in [0.717, 1.165) is 19.3 Å². The monoisotopic (exact) mass is 196 g/mol. The summed E-state index contributed by atoms with van der Waals surface area (Å²) < 4.78 is 35.7. The Hall–Kier alpha value is -0.210. The summed E-state index contributed by atoms with van der Waals surface area (Å²) in [6, 6.07) is 0. The van der Waals surface area contributed by atoms with Crippen molar-refractivity contribution in [3.05, 3.63) is 0 Å². The van der Waals surface area contributed by atoms with Crippen LogP contribution in [0.25, 0.3) is 0 Å². The molecule has 0 heterocycles. The molecule has 3 heteroatoms. The third-order valence-electron chi connectivity index (χ3n) is 2.11. The molecule has 0 aliphatic heterocycles. The fourth-order valence-corrected chi connectivity index (χ4v) is 1.25. The highest BCUT2D eigenvalue weighted by atomic mass is 19.3. The molecule has 13 heavy (non-hydrogen) atoms. The van der Waals surface area contributed by atoms with Gasteiger partial charge in [0.05, 0.1) is 0 Å². The highest BCUT2D eigenvalue weighted by Crippen LogP contribution is 2.14. The molecule has 1 atom stereocenters. The largest absolute Gasteiger partial charge is 0.269 e. The molecule has 0 saturated heterocycles. The van der Waals surface area contributed by atoms with Crippen LogP contribution in [-0.2, 0) is 0 Å². The van der Waals surface area contributed by atoms with E-state index >= 15 is 0 Å². The predicted octanol–water partition coefficient (Wildman–Crippen LogP) is 4.34. The molecule has 1 unspecified atom stereocenters. The molecule has 0 fully saturated rings. The molecule has 0 aromatic heterocycles. The number of halogens is 3. The van der Waals surface area contributed by atoms with Crippen LogP contribution in [0.4, 0.5) is 13.2 Å². The molecule has 80 valence electrons. The Morgan fingerprint density at radius 2 is 1.38 bits per heavy atom. The van der Waals surface area contributed by atoms with Crippen LogP contribution >= 0.6 is 0 Å². The molecule has 0 nitrogen and oxygen atoms in total. The maximum Gasteiger partial charge on any atom is 0.269 e. The minimum Gasteiger partial charge on any atom is -0.241 e. The Balaban J connectivity index is 3.07. The summed E-state index contributed by atoms with van der Waals surface area (Å²) in [4.78, 5) is 0. The lowest BCUT2D eigenvalue weighted by molar-refractivity contribution is 0.0440. The summed E-state index contributed by atoms with van der Waals surface area (Å²) in [7, 11) is 0. The maximum atomic E-state index is 12.4. The van der Waals surface area contributed by atoms with E-state index in [1.54, 1.807) is 0 Å². The summed E-state index contributed by atoms with van der Waals surface area (Å²) in [6.45, 7) is 2.12. The fourth-order valence-electron chi connectivity index (χ4n) is 1.25. The van der Waals surface area contributed by atoms with Gasteiger partial charge in [0.25, 0.3) is 6.43 Å². The number of unbranched alkanes of at least 4 members (excludes halogenated alkanes) is 5. The molecule has 0 aromatic carbocycles. The van der Waals surface area contributed by atoms with Gasteiger partial charge in [-0.3, -0.25) is 0 Å². The van der Waals surface area contributed by atoms with Gasteiger partial charge in [-0.1, -0.05) is 45.4 Å². The van der Waals surface area contributed by atoms with Crippen LogP contribution in [0.15, 0.2) is 0 Å². The highest BCUT2D eigenvalue weighted by molar-refractivity contribution is 4.58. The first-order chi connectivity index (χ1) is 6.18. The van der Waals surface area contributed by atoms with E-state index in [1.165, 1.54) is 12.8 Å². The van der Waals surface area contributed by atoms with Crippen molar-refractivity contribution in [2.75, 3.05) is 0 Å². The maximum absolute atomic E-state index is 12.4. The zero-order valence-electron chi connectivity index (χ0n) is 8.24.